The number of likely N-dealkylation sites (tertiary alicyclic amines) is 4. The lowest BCUT2D eigenvalue weighted by Crippen LogP contribution is -2.47. The van der Waals surface area contributed by atoms with E-state index in [-0.39, 0.29) is 53.7 Å². The summed E-state index contributed by atoms with van der Waals surface area (Å²) in [5, 5.41) is 13.1. The van der Waals surface area contributed by atoms with Gasteiger partial charge in [0.05, 0.1) is 43.0 Å². The molecule has 3 aliphatic carbocycles. The molecule has 4 aliphatic heterocycles. The maximum absolute atomic E-state index is 11.4. The molecule has 4 saturated heterocycles. The first-order valence-corrected chi connectivity index (χ1v) is 32.7. The number of carbonyl (C=O) groups is 4. The Balaban J connectivity index is 0.000000468. The van der Waals surface area contributed by atoms with Crippen molar-refractivity contribution in [2.75, 3.05) is 67.5 Å². The molecule has 0 bridgehead atoms. The Labute approximate surface area is 492 Å². The molecule has 4 N–H and O–H groups in total. The van der Waals surface area contributed by atoms with Crippen molar-refractivity contribution in [2.24, 2.45) is 11.8 Å². The molecule has 0 aromatic rings. The predicted molar refractivity (Wildman–Crippen MR) is 334 cm³/mol. The highest BCUT2D eigenvalue weighted by Gasteiger charge is 2.26. The first-order chi connectivity index (χ1) is 37.7. The summed E-state index contributed by atoms with van der Waals surface area (Å²) in [5.41, 5.74) is 0. The molecule has 2 atom stereocenters. The normalized spacial score (nSPS) is 22.5. The fourth-order valence-corrected chi connectivity index (χ4v) is 10.9. The Hall–Kier alpha value is -2.40. The molecule has 4 heterocycles. The van der Waals surface area contributed by atoms with E-state index >= 15 is 0 Å². The van der Waals surface area contributed by atoms with Gasteiger partial charge < -0.3 is 55.1 Å². The summed E-state index contributed by atoms with van der Waals surface area (Å²) < 4.78 is 17.0. The topological polar surface area (TPSA) is 157 Å². The van der Waals surface area contributed by atoms with Crippen LogP contribution in [-0.2, 0) is 33.4 Å². The minimum Gasteiger partial charge on any atom is -0.376 e. The standard InChI is InChI=1S/C10H18N2O2.C10H19NO.C9H20N2.C9H17NO2.C9H19NO.C9H19N.C9H18O/c1-7(2)10(14)11-8-4-5-12(3)9(13)6-8;1-8(2)10(12)11-9-6-4-3-5-7-9;1-8(2)10-9-4-6-11(3)7-5-9;1-7(2)12-8-4-5-10(3)9(11)6-8;1-8(2)11-9-4-6-10(3)7-5-9;2*1-8(2)10-9-6-4-3-5-7-9/h7-8H,4-6H2,1-3H3,(H,11,14);8-9H,3-7H2,1-2H3,(H,11,12);8-10H,4-7H2,1-3H3;7-8H,4-6H2,1-3H3;8-9H,4-7H2,1-3H3;8-10H,3-7H2,1-2H3;8-9H,3-7H2,1-2H3. The first kappa shape index (κ1) is 75.6. The van der Waals surface area contributed by atoms with Gasteiger partial charge in [-0.15, -0.1) is 0 Å². The first-order valence-electron chi connectivity index (χ1n) is 32.7. The summed E-state index contributed by atoms with van der Waals surface area (Å²) >= 11 is 0. The number of nitrogens with one attached hydrogen (secondary N) is 4. The molecule has 80 heavy (non-hydrogen) atoms. The van der Waals surface area contributed by atoms with Gasteiger partial charge >= 0.3 is 0 Å². The number of piperidine rings is 4. The molecule has 2 unspecified atom stereocenters. The Bertz CT molecular complexity index is 1510. The van der Waals surface area contributed by atoms with Crippen LogP contribution in [0.5, 0.6) is 0 Å². The van der Waals surface area contributed by atoms with Crippen LogP contribution in [0.2, 0.25) is 0 Å². The van der Waals surface area contributed by atoms with E-state index in [4.69, 9.17) is 14.2 Å². The zero-order valence-corrected chi connectivity index (χ0v) is 55.2. The van der Waals surface area contributed by atoms with Gasteiger partial charge in [-0.2, -0.15) is 0 Å². The fraction of sp³-hybridized carbons (Fsp3) is 0.938. The van der Waals surface area contributed by atoms with Crippen LogP contribution in [0, 0.1) is 11.8 Å². The lowest BCUT2D eigenvalue weighted by molar-refractivity contribution is -0.139. The summed E-state index contributed by atoms with van der Waals surface area (Å²) in [6.07, 6.45) is 30.3. The van der Waals surface area contributed by atoms with Gasteiger partial charge in [0.2, 0.25) is 23.6 Å². The van der Waals surface area contributed by atoms with E-state index in [1.807, 2.05) is 48.6 Å². The van der Waals surface area contributed by atoms with Crippen LogP contribution >= 0.6 is 0 Å². The van der Waals surface area contributed by atoms with Crippen molar-refractivity contribution < 1.29 is 33.4 Å². The summed E-state index contributed by atoms with van der Waals surface area (Å²) in [4.78, 5) is 53.5. The average Bonchev–Trinajstić information content (AvgIpc) is 3.39. The van der Waals surface area contributed by atoms with Gasteiger partial charge in [0.15, 0.2) is 0 Å². The van der Waals surface area contributed by atoms with Crippen molar-refractivity contribution in [3.63, 3.8) is 0 Å². The van der Waals surface area contributed by atoms with Crippen molar-refractivity contribution in [1.82, 2.24) is 40.9 Å². The van der Waals surface area contributed by atoms with E-state index in [9.17, 15) is 19.2 Å². The van der Waals surface area contributed by atoms with Crippen LogP contribution in [0.4, 0.5) is 0 Å². The number of amides is 4. The summed E-state index contributed by atoms with van der Waals surface area (Å²) in [5.74, 6) is 0.683. The number of hydrogen-bond acceptors (Lipinski definition) is 11. The van der Waals surface area contributed by atoms with Crippen molar-refractivity contribution in [2.45, 2.75) is 317 Å². The number of ether oxygens (including phenoxy) is 3. The molecule has 0 spiro atoms. The quantitative estimate of drug-likeness (QED) is 0.131. The number of nitrogens with zero attached hydrogens (tertiary/aromatic N) is 4. The molecule has 15 nitrogen and oxygen atoms in total. The minimum absolute atomic E-state index is 0.00948. The van der Waals surface area contributed by atoms with E-state index in [1.54, 1.807) is 16.8 Å². The highest BCUT2D eigenvalue weighted by Crippen LogP contribution is 2.22. The van der Waals surface area contributed by atoms with Gasteiger partial charge in [-0.1, -0.05) is 113 Å². The van der Waals surface area contributed by atoms with Gasteiger partial charge in [-0.3, -0.25) is 19.2 Å². The highest BCUT2D eigenvalue weighted by molar-refractivity contribution is 5.81. The molecular formula is C65H130N8O7. The molecular weight excluding hydrogens is 1000 g/mol. The Morgan fingerprint density at radius 2 is 0.688 bits per heavy atom. The van der Waals surface area contributed by atoms with Crippen LogP contribution in [0.1, 0.15) is 245 Å². The van der Waals surface area contributed by atoms with Gasteiger partial charge in [0.1, 0.15) is 0 Å². The second-order valence-corrected chi connectivity index (χ2v) is 26.5. The third-order valence-corrected chi connectivity index (χ3v) is 15.7. The molecule has 3 saturated carbocycles. The number of hydrogen-bond donors (Lipinski definition) is 4. The van der Waals surface area contributed by atoms with E-state index in [1.165, 1.54) is 148 Å². The van der Waals surface area contributed by atoms with E-state index in [0.29, 0.717) is 55.4 Å². The van der Waals surface area contributed by atoms with Gasteiger partial charge in [-0.05, 0) is 146 Å². The van der Waals surface area contributed by atoms with E-state index in [0.717, 1.165) is 38.0 Å². The average molecular weight is 1140 g/mol. The minimum atomic E-state index is -0.00948. The third-order valence-electron chi connectivity index (χ3n) is 15.7. The Morgan fingerprint density at radius 3 is 1.07 bits per heavy atom. The van der Waals surface area contributed by atoms with Crippen LogP contribution < -0.4 is 21.3 Å². The molecule has 7 fully saturated rings. The number of rotatable bonds is 14. The molecule has 472 valence electrons. The predicted octanol–water partition coefficient (Wildman–Crippen LogP) is 11.1. The van der Waals surface area contributed by atoms with Crippen LogP contribution in [0.15, 0.2) is 0 Å². The monoisotopic (exact) mass is 1140 g/mol. The largest absolute Gasteiger partial charge is 0.376 e. The zero-order valence-electron chi connectivity index (χ0n) is 55.2. The van der Waals surface area contributed by atoms with E-state index < -0.39 is 0 Å². The Morgan fingerprint density at radius 1 is 0.375 bits per heavy atom. The zero-order chi connectivity index (χ0) is 60.2. The van der Waals surface area contributed by atoms with Gasteiger partial charge in [0, 0.05) is 94.8 Å². The second-order valence-electron chi connectivity index (χ2n) is 26.5. The molecule has 15 heteroatoms. The lowest BCUT2D eigenvalue weighted by Gasteiger charge is -2.30. The maximum Gasteiger partial charge on any atom is 0.224 e. The highest BCUT2D eigenvalue weighted by atomic mass is 16.5. The fourth-order valence-electron chi connectivity index (χ4n) is 10.9. The molecule has 4 amide bonds. The number of carbonyl (C=O) groups excluding carboxylic acids is 4. The summed E-state index contributed by atoms with van der Waals surface area (Å²) in [7, 11) is 8.01. The third kappa shape index (κ3) is 39.2. The SMILES string of the molecule is CC(C)C(=O)NC1CCCCC1.CC(C)C(=O)NC1CCN(C)C(=O)C1.CC(C)NC1CCCCC1.CC(C)NC1CCN(C)CC1.CC(C)OC1CCCCC1.CC(C)OC1CCN(C)C(=O)C1.CC(C)OC1CCN(C)CC1. The van der Waals surface area contributed by atoms with Crippen molar-refractivity contribution in [3.05, 3.63) is 0 Å². The Kier molecular flexibility index (Phi) is 41.7. The van der Waals surface area contributed by atoms with Crippen LogP contribution in [0.3, 0.4) is 0 Å². The van der Waals surface area contributed by atoms with Crippen molar-refractivity contribution in [1.29, 1.82) is 0 Å². The molecule has 0 radical (unpaired) electrons. The molecule has 7 rings (SSSR count). The van der Waals surface area contributed by atoms with Gasteiger partial charge in [-0.25, -0.2) is 0 Å². The lowest BCUT2D eigenvalue weighted by atomic mass is 9.95. The van der Waals surface area contributed by atoms with Crippen molar-refractivity contribution in [3.8, 4) is 0 Å². The molecule has 0 aromatic heterocycles. The smallest absolute Gasteiger partial charge is 0.224 e. The van der Waals surface area contributed by atoms with Crippen LogP contribution in [-0.4, -0.2) is 184 Å². The summed E-state index contributed by atoms with van der Waals surface area (Å²) in [6, 6.07) is 3.41. The molecule has 0 aromatic carbocycles. The second kappa shape index (κ2) is 44.1. The van der Waals surface area contributed by atoms with E-state index in [2.05, 4.69) is 101 Å². The summed E-state index contributed by atoms with van der Waals surface area (Å²) in [6.45, 7) is 35.4. The van der Waals surface area contributed by atoms with Crippen molar-refractivity contribution >= 4 is 23.6 Å². The van der Waals surface area contributed by atoms with Gasteiger partial charge in [0.25, 0.3) is 0 Å². The van der Waals surface area contributed by atoms with Crippen LogP contribution in [0.25, 0.3) is 0 Å². The maximum atomic E-state index is 11.4. The molecule has 7 aliphatic rings.